The Bertz CT molecular complexity index is 993. The zero-order valence-corrected chi connectivity index (χ0v) is 24.4. The smallest absolute Gasteiger partial charge is 0.323 e. The van der Waals surface area contributed by atoms with Gasteiger partial charge in [0.2, 0.25) is 0 Å². The van der Waals surface area contributed by atoms with E-state index in [2.05, 4.69) is 0 Å². The molecular formula is C28H42N4O10-2. The second-order valence-corrected chi connectivity index (χ2v) is 9.94. The lowest BCUT2D eigenvalue weighted by molar-refractivity contribution is -0.308. The van der Waals surface area contributed by atoms with Crippen LogP contribution in [0, 0.1) is 0 Å². The van der Waals surface area contributed by atoms with Crippen LogP contribution in [0.5, 0.6) is 5.75 Å². The average molecular weight is 595 g/mol. The van der Waals surface area contributed by atoms with Gasteiger partial charge in [-0.25, -0.2) is 0 Å². The first-order chi connectivity index (χ1) is 20.1. The second kappa shape index (κ2) is 19.0. The fourth-order valence-corrected chi connectivity index (χ4v) is 4.59. The Morgan fingerprint density at radius 2 is 1.33 bits per heavy atom. The van der Waals surface area contributed by atoms with Crippen molar-refractivity contribution in [2.75, 3.05) is 98.9 Å². The first-order valence-corrected chi connectivity index (χ1v) is 14.0. The molecule has 42 heavy (non-hydrogen) atoms. The van der Waals surface area contributed by atoms with Gasteiger partial charge in [-0.05, 0) is 31.0 Å². The third-order valence-electron chi connectivity index (χ3n) is 6.93. The molecular weight excluding hydrogens is 552 g/mol. The minimum absolute atomic E-state index is 0.0589. The van der Waals surface area contributed by atoms with Crippen molar-refractivity contribution in [3.8, 4) is 5.75 Å². The lowest BCUT2D eigenvalue weighted by atomic mass is 10.1. The van der Waals surface area contributed by atoms with Gasteiger partial charge in [0.05, 0.1) is 45.4 Å². The lowest BCUT2D eigenvalue weighted by Crippen LogP contribution is -2.53. The molecule has 1 aromatic rings. The Morgan fingerprint density at radius 3 is 1.79 bits per heavy atom. The number of hydrogen-bond acceptors (Lipinski definition) is 13. The molecule has 1 aromatic carbocycles. The number of carbonyl (C=O) groups is 4. The minimum atomic E-state index is -1.29. The fourth-order valence-electron chi connectivity index (χ4n) is 4.59. The van der Waals surface area contributed by atoms with E-state index in [0.29, 0.717) is 26.2 Å². The first-order valence-electron chi connectivity index (χ1n) is 14.0. The summed E-state index contributed by atoms with van der Waals surface area (Å²) < 4.78 is 16.0. The van der Waals surface area contributed by atoms with Crippen LogP contribution in [0.15, 0.2) is 24.3 Å². The van der Waals surface area contributed by atoms with Crippen LogP contribution >= 0.6 is 0 Å². The number of hydrogen-bond donors (Lipinski definition) is 1. The molecule has 14 heteroatoms. The summed E-state index contributed by atoms with van der Waals surface area (Å²) in [6.07, 6.45) is 0.577. The summed E-state index contributed by atoms with van der Waals surface area (Å²) >= 11 is 0. The number of carboxylic acid groups (broad SMARTS) is 3. The number of rotatable bonds is 15. The normalized spacial score (nSPS) is 17.5. The van der Waals surface area contributed by atoms with E-state index in [1.807, 2.05) is 31.2 Å². The van der Waals surface area contributed by atoms with Gasteiger partial charge in [0.1, 0.15) is 11.8 Å². The SMILES string of the molecule is CCOc1ccc(CCOCC(C(=O)O)N2CCN(CC(=O)[O-])CCN(CC(=O)[O-])CCN(CC(=O)OC)CC2)cc1. The fraction of sp³-hybridized carbons (Fsp3) is 0.643. The molecule has 1 aliphatic rings. The molecule has 2 rings (SSSR count). The predicted molar refractivity (Wildman–Crippen MR) is 146 cm³/mol. The van der Waals surface area contributed by atoms with Crippen molar-refractivity contribution in [3.63, 3.8) is 0 Å². The Kier molecular flexibility index (Phi) is 15.8. The van der Waals surface area contributed by atoms with E-state index >= 15 is 0 Å². The van der Waals surface area contributed by atoms with Crippen molar-refractivity contribution >= 4 is 23.9 Å². The highest BCUT2D eigenvalue weighted by Crippen LogP contribution is 2.13. The van der Waals surface area contributed by atoms with E-state index in [0.717, 1.165) is 11.3 Å². The molecule has 236 valence electrons. The first kappa shape index (κ1) is 34.9. The van der Waals surface area contributed by atoms with Gasteiger partial charge in [0, 0.05) is 65.4 Å². The summed E-state index contributed by atoms with van der Waals surface area (Å²) in [5, 5.41) is 32.7. The third kappa shape index (κ3) is 13.6. The van der Waals surface area contributed by atoms with Crippen LogP contribution in [-0.2, 0) is 35.1 Å². The van der Waals surface area contributed by atoms with Crippen LogP contribution in [0.2, 0.25) is 0 Å². The number of aliphatic carboxylic acids is 3. The van der Waals surface area contributed by atoms with Crippen LogP contribution in [0.1, 0.15) is 12.5 Å². The molecule has 0 amide bonds. The maximum atomic E-state index is 12.3. The van der Waals surface area contributed by atoms with E-state index in [1.54, 1.807) is 19.6 Å². The van der Waals surface area contributed by atoms with E-state index in [4.69, 9.17) is 14.2 Å². The molecule has 1 aliphatic heterocycles. The number of carboxylic acids is 3. The molecule has 0 aliphatic carbocycles. The Balaban J connectivity index is 2.13. The van der Waals surface area contributed by atoms with Crippen molar-refractivity contribution in [3.05, 3.63) is 29.8 Å². The molecule has 0 radical (unpaired) electrons. The van der Waals surface area contributed by atoms with Crippen LogP contribution in [0.3, 0.4) is 0 Å². The van der Waals surface area contributed by atoms with Crippen molar-refractivity contribution in [1.29, 1.82) is 0 Å². The highest BCUT2D eigenvalue weighted by atomic mass is 16.5. The minimum Gasteiger partial charge on any atom is -0.549 e. The molecule has 0 spiro atoms. The maximum Gasteiger partial charge on any atom is 0.323 e. The molecule has 1 unspecified atom stereocenters. The summed E-state index contributed by atoms with van der Waals surface area (Å²) in [6, 6.07) is 6.56. The third-order valence-corrected chi connectivity index (χ3v) is 6.93. The standard InChI is InChI=1S/C28H44N4O10/c1-3-42-23-6-4-22(5-7-23)8-17-41-21-24(28(38)39)32-15-13-30(19-26(35)36)10-9-29(18-25(33)34)11-12-31(14-16-32)20-27(37)40-2/h4-7,24H,3,8-21H2,1-2H3,(H,33,34)(H,35,36)(H,38,39)/p-2. The van der Waals surface area contributed by atoms with Crippen LogP contribution in [0.25, 0.3) is 0 Å². The highest BCUT2D eigenvalue weighted by molar-refractivity contribution is 5.73. The largest absolute Gasteiger partial charge is 0.549 e. The molecule has 1 atom stereocenters. The molecule has 1 heterocycles. The Hall–Kier alpha value is -3.30. The number of carbonyl (C=O) groups excluding carboxylic acids is 3. The van der Waals surface area contributed by atoms with Gasteiger partial charge < -0.3 is 39.1 Å². The van der Waals surface area contributed by atoms with Crippen molar-refractivity contribution in [1.82, 2.24) is 19.6 Å². The lowest BCUT2D eigenvalue weighted by Gasteiger charge is -2.36. The summed E-state index contributed by atoms with van der Waals surface area (Å²) in [7, 11) is 1.27. The van der Waals surface area contributed by atoms with E-state index in [1.165, 1.54) is 7.11 Å². The zero-order valence-electron chi connectivity index (χ0n) is 24.4. The number of esters is 1. The van der Waals surface area contributed by atoms with Crippen molar-refractivity contribution in [2.24, 2.45) is 0 Å². The summed E-state index contributed by atoms with van der Waals surface area (Å²) in [5.74, 6) is -3.37. The van der Waals surface area contributed by atoms with E-state index in [-0.39, 0.29) is 65.5 Å². The molecule has 0 aromatic heterocycles. The summed E-state index contributed by atoms with van der Waals surface area (Å²) in [4.78, 5) is 53.7. The number of benzene rings is 1. The van der Waals surface area contributed by atoms with Gasteiger partial charge in [-0.2, -0.15) is 0 Å². The molecule has 0 saturated carbocycles. The van der Waals surface area contributed by atoms with Crippen LogP contribution in [0.4, 0.5) is 0 Å². The van der Waals surface area contributed by atoms with E-state index in [9.17, 15) is 34.5 Å². The van der Waals surface area contributed by atoms with Gasteiger partial charge in [-0.15, -0.1) is 0 Å². The number of methoxy groups -OCH3 is 1. The number of nitrogens with zero attached hydrogens (tertiary/aromatic N) is 4. The van der Waals surface area contributed by atoms with Gasteiger partial charge in [-0.1, -0.05) is 12.1 Å². The van der Waals surface area contributed by atoms with Gasteiger partial charge in [0.15, 0.2) is 0 Å². The van der Waals surface area contributed by atoms with Crippen molar-refractivity contribution < 1.29 is 48.7 Å². The van der Waals surface area contributed by atoms with Crippen molar-refractivity contribution in [2.45, 2.75) is 19.4 Å². The predicted octanol–water partition coefficient (Wildman–Crippen LogP) is -3.01. The summed E-state index contributed by atoms with van der Waals surface area (Å²) in [5.41, 5.74) is 1.01. The zero-order chi connectivity index (χ0) is 30.9. The number of ether oxygens (including phenoxy) is 3. The topological polar surface area (TPSA) is 175 Å². The van der Waals surface area contributed by atoms with Gasteiger partial charge >= 0.3 is 11.9 Å². The Morgan fingerprint density at radius 1 is 0.833 bits per heavy atom. The summed E-state index contributed by atoms with van der Waals surface area (Å²) in [6.45, 7) is 3.78. The quantitative estimate of drug-likeness (QED) is 0.161. The monoisotopic (exact) mass is 594 g/mol. The maximum absolute atomic E-state index is 12.3. The molecule has 1 saturated heterocycles. The average Bonchev–Trinajstić information content (AvgIpc) is 2.93. The molecule has 0 bridgehead atoms. The van der Waals surface area contributed by atoms with Gasteiger partial charge in [0.25, 0.3) is 0 Å². The van der Waals surface area contributed by atoms with Gasteiger partial charge in [-0.3, -0.25) is 29.2 Å². The van der Waals surface area contributed by atoms with Crippen LogP contribution < -0.4 is 14.9 Å². The van der Waals surface area contributed by atoms with Crippen LogP contribution in [-0.4, -0.2) is 154 Å². The molecule has 1 fully saturated rings. The molecule has 1 N–H and O–H groups in total. The second-order valence-electron chi connectivity index (χ2n) is 9.94. The van der Waals surface area contributed by atoms with E-state index < -0.39 is 36.5 Å². The Labute approximate surface area is 246 Å². The molecule has 14 nitrogen and oxygen atoms in total. The highest BCUT2D eigenvalue weighted by Gasteiger charge is 2.28.